The van der Waals surface area contributed by atoms with E-state index >= 15 is 0 Å². The van der Waals surface area contributed by atoms with Crippen molar-refractivity contribution in [3.63, 3.8) is 0 Å². The van der Waals surface area contributed by atoms with Crippen molar-refractivity contribution in [2.24, 2.45) is 46.3 Å². The zero-order valence-corrected chi connectivity index (χ0v) is 23.9. The van der Waals surface area contributed by atoms with Gasteiger partial charge in [0.05, 0.1) is 10.4 Å². The zero-order chi connectivity index (χ0) is 25.8. The molecule has 36 heavy (non-hydrogen) atoms. The third kappa shape index (κ3) is 4.40. The Kier molecular flexibility index (Phi) is 7.22. The summed E-state index contributed by atoms with van der Waals surface area (Å²) in [6.45, 7) is 9.16. The maximum atomic E-state index is 13.6. The van der Waals surface area contributed by atoms with Gasteiger partial charge in [-0.1, -0.05) is 39.3 Å². The van der Waals surface area contributed by atoms with Crippen molar-refractivity contribution in [3.05, 3.63) is 21.3 Å². The Balaban J connectivity index is 1.28. The van der Waals surface area contributed by atoms with Crippen LogP contribution in [0.1, 0.15) is 103 Å². The van der Waals surface area contributed by atoms with E-state index in [-0.39, 0.29) is 40.5 Å². The zero-order valence-electron chi connectivity index (χ0n) is 22.3. The molecule has 0 saturated heterocycles. The summed E-state index contributed by atoms with van der Waals surface area (Å²) in [4.78, 5) is 40.0. The predicted molar refractivity (Wildman–Crippen MR) is 145 cm³/mol. The van der Waals surface area contributed by atoms with Crippen LogP contribution in [0.4, 0.5) is 0 Å². The minimum absolute atomic E-state index is 0.0143. The van der Waals surface area contributed by atoms with Crippen molar-refractivity contribution >= 4 is 40.4 Å². The summed E-state index contributed by atoms with van der Waals surface area (Å²) in [5.74, 6) is 2.91. The number of ketones is 2. The number of rotatable bonds is 6. The number of Topliss-reactive ketones (excluding diaryl/α,β-unsaturated/α-hetero) is 2. The number of hydrogen-bond acceptors (Lipinski definition) is 4. The van der Waals surface area contributed by atoms with Crippen LogP contribution in [-0.2, 0) is 14.4 Å². The lowest BCUT2D eigenvalue weighted by atomic mass is 9.44. The highest BCUT2D eigenvalue weighted by atomic mass is 35.5. The molecule has 0 radical (unpaired) electrons. The standard InChI is InChI=1S/C30H42ClNO3S/c1-5-23(25-8-9-26(31)36-25)32-27(35)14-17(2)20-6-7-21-28-22(11-13-30(20,21)4)29(3)12-10-19(33)15-18(29)16-24(28)34/h8-9,17-18,20-23,28H,5-7,10-16H2,1-4H3,(H,32,35)/t17-,18+,20?,21+,22+,23?,28+,29+,30-/m1/s1. The number of halogens is 1. The van der Waals surface area contributed by atoms with Gasteiger partial charge in [-0.15, -0.1) is 11.3 Å². The highest BCUT2D eigenvalue weighted by Crippen LogP contribution is 2.67. The van der Waals surface area contributed by atoms with Crippen molar-refractivity contribution in [1.82, 2.24) is 5.32 Å². The fourth-order valence-electron chi connectivity index (χ4n) is 9.28. The minimum Gasteiger partial charge on any atom is -0.348 e. The molecular formula is C30H42ClNO3S. The van der Waals surface area contributed by atoms with Gasteiger partial charge in [0.25, 0.3) is 0 Å². The van der Waals surface area contributed by atoms with E-state index in [9.17, 15) is 14.4 Å². The molecule has 2 unspecified atom stereocenters. The largest absolute Gasteiger partial charge is 0.348 e. The average Bonchev–Trinajstić information content (AvgIpc) is 3.41. The molecular weight excluding hydrogens is 490 g/mol. The molecule has 9 atom stereocenters. The van der Waals surface area contributed by atoms with E-state index in [2.05, 4.69) is 33.0 Å². The number of carbonyl (C=O) groups is 3. The topological polar surface area (TPSA) is 63.2 Å². The Bertz CT molecular complexity index is 1040. The summed E-state index contributed by atoms with van der Waals surface area (Å²) in [6, 6.07) is 3.93. The molecule has 4 fully saturated rings. The van der Waals surface area contributed by atoms with Gasteiger partial charge in [-0.25, -0.2) is 0 Å². The molecule has 4 nitrogen and oxygen atoms in total. The summed E-state index contributed by atoms with van der Waals surface area (Å²) in [5, 5.41) is 3.26. The summed E-state index contributed by atoms with van der Waals surface area (Å²) in [6.07, 6.45) is 8.69. The van der Waals surface area contributed by atoms with Crippen LogP contribution >= 0.6 is 22.9 Å². The maximum absolute atomic E-state index is 13.6. The number of hydrogen-bond donors (Lipinski definition) is 1. The number of thiophene rings is 1. The summed E-state index contributed by atoms with van der Waals surface area (Å²) >= 11 is 7.67. The molecule has 0 spiro atoms. The Labute approximate surface area is 225 Å². The Morgan fingerprint density at radius 1 is 1.11 bits per heavy atom. The molecule has 0 aliphatic heterocycles. The molecule has 0 aromatic carbocycles. The fraction of sp³-hybridized carbons (Fsp3) is 0.767. The highest BCUT2D eigenvalue weighted by molar-refractivity contribution is 7.16. The second-order valence-electron chi connectivity index (χ2n) is 12.9. The van der Waals surface area contributed by atoms with Crippen molar-refractivity contribution in [2.45, 2.75) is 97.9 Å². The predicted octanol–water partition coefficient (Wildman–Crippen LogP) is 7.40. The number of carbonyl (C=O) groups excluding carboxylic acids is 3. The van der Waals surface area contributed by atoms with E-state index in [0.29, 0.717) is 55.0 Å². The Morgan fingerprint density at radius 3 is 2.56 bits per heavy atom. The lowest BCUT2D eigenvalue weighted by Gasteiger charge is -2.59. The molecule has 0 bridgehead atoms. The van der Waals surface area contributed by atoms with Gasteiger partial charge in [0.1, 0.15) is 11.6 Å². The van der Waals surface area contributed by atoms with E-state index in [1.165, 1.54) is 11.3 Å². The van der Waals surface area contributed by atoms with Crippen LogP contribution in [-0.4, -0.2) is 17.5 Å². The number of fused-ring (bicyclic) bond motifs is 5. The van der Waals surface area contributed by atoms with Crippen LogP contribution in [0.5, 0.6) is 0 Å². The smallest absolute Gasteiger partial charge is 0.220 e. The monoisotopic (exact) mass is 531 g/mol. The molecule has 1 aromatic rings. The second kappa shape index (κ2) is 9.84. The normalized spacial score (nSPS) is 39.6. The maximum Gasteiger partial charge on any atom is 0.220 e. The fourth-order valence-corrected chi connectivity index (χ4v) is 10.5. The molecule has 198 valence electrons. The first-order valence-electron chi connectivity index (χ1n) is 14.2. The van der Waals surface area contributed by atoms with Crippen molar-refractivity contribution in [1.29, 1.82) is 0 Å². The Morgan fingerprint density at radius 2 is 1.86 bits per heavy atom. The van der Waals surface area contributed by atoms with Gasteiger partial charge in [0.15, 0.2) is 0 Å². The third-order valence-corrected chi connectivity index (χ3v) is 12.6. The molecule has 5 rings (SSSR count). The lowest BCUT2D eigenvalue weighted by Crippen LogP contribution is -2.57. The molecule has 1 amide bonds. The molecule has 4 saturated carbocycles. The van der Waals surface area contributed by atoms with Crippen LogP contribution in [0.15, 0.2) is 12.1 Å². The van der Waals surface area contributed by atoms with Gasteiger partial charge >= 0.3 is 0 Å². The highest BCUT2D eigenvalue weighted by Gasteiger charge is 2.63. The van der Waals surface area contributed by atoms with Gasteiger partial charge in [0, 0.05) is 36.5 Å². The summed E-state index contributed by atoms with van der Waals surface area (Å²) in [7, 11) is 0. The van der Waals surface area contributed by atoms with E-state index in [1.54, 1.807) is 0 Å². The first-order valence-corrected chi connectivity index (χ1v) is 15.3. The van der Waals surface area contributed by atoms with Gasteiger partial charge in [0.2, 0.25) is 5.91 Å². The molecule has 4 aliphatic rings. The van der Waals surface area contributed by atoms with Crippen LogP contribution in [0, 0.1) is 46.3 Å². The van der Waals surface area contributed by atoms with Crippen molar-refractivity contribution < 1.29 is 14.4 Å². The average molecular weight is 532 g/mol. The number of amides is 1. The van der Waals surface area contributed by atoms with E-state index < -0.39 is 0 Å². The van der Waals surface area contributed by atoms with Crippen LogP contribution in [0.25, 0.3) is 0 Å². The summed E-state index contributed by atoms with van der Waals surface area (Å²) < 4.78 is 0.754. The minimum atomic E-state index is 0.0143. The van der Waals surface area contributed by atoms with Crippen LogP contribution < -0.4 is 5.32 Å². The van der Waals surface area contributed by atoms with Gasteiger partial charge in [-0.3, -0.25) is 14.4 Å². The third-order valence-electron chi connectivity index (χ3n) is 11.2. The second-order valence-corrected chi connectivity index (χ2v) is 14.7. The van der Waals surface area contributed by atoms with Crippen LogP contribution in [0.2, 0.25) is 4.34 Å². The van der Waals surface area contributed by atoms with Crippen molar-refractivity contribution in [3.8, 4) is 0 Å². The van der Waals surface area contributed by atoms with Crippen LogP contribution in [0.3, 0.4) is 0 Å². The lowest BCUT2D eigenvalue weighted by molar-refractivity contribution is -0.159. The van der Waals surface area contributed by atoms with E-state index in [4.69, 9.17) is 11.6 Å². The van der Waals surface area contributed by atoms with Crippen molar-refractivity contribution in [2.75, 3.05) is 0 Å². The molecule has 1 heterocycles. The number of nitrogens with one attached hydrogen (secondary N) is 1. The molecule has 1 N–H and O–H groups in total. The SMILES string of the molecule is CCC(NC(=O)C[C@@H](C)C1CC[C@H]2[C@@H]3C(=O)C[C@@H]4CC(=O)CC[C@]4(C)[C@H]3CC[C@]12C)c1ccc(Cl)s1. The Hall–Kier alpha value is -1.20. The van der Waals surface area contributed by atoms with E-state index in [1.807, 2.05) is 12.1 Å². The first kappa shape index (κ1) is 26.4. The van der Waals surface area contributed by atoms with Gasteiger partial charge in [-0.05, 0) is 91.1 Å². The molecule has 6 heteroatoms. The quantitative estimate of drug-likeness (QED) is 0.416. The molecule has 4 aliphatic carbocycles. The summed E-state index contributed by atoms with van der Waals surface area (Å²) in [5.41, 5.74) is 0.257. The first-order chi connectivity index (χ1) is 17.1. The molecule has 1 aromatic heterocycles. The van der Waals surface area contributed by atoms with Gasteiger partial charge in [-0.2, -0.15) is 0 Å². The van der Waals surface area contributed by atoms with Gasteiger partial charge < -0.3 is 5.32 Å². The van der Waals surface area contributed by atoms with E-state index in [0.717, 1.165) is 47.7 Å².